The summed E-state index contributed by atoms with van der Waals surface area (Å²) in [6.45, 7) is 5.34. The summed E-state index contributed by atoms with van der Waals surface area (Å²) < 4.78 is 6.78. The predicted octanol–water partition coefficient (Wildman–Crippen LogP) is 3.29. The Morgan fingerprint density at radius 1 is 1.44 bits per heavy atom. The molecule has 1 heterocycles. The number of halogens is 1. The zero-order chi connectivity index (χ0) is 13.5. The van der Waals surface area contributed by atoms with Crippen LogP contribution in [0.3, 0.4) is 0 Å². The van der Waals surface area contributed by atoms with Gasteiger partial charge in [-0.15, -0.1) is 0 Å². The van der Waals surface area contributed by atoms with Gasteiger partial charge in [-0.3, -0.25) is 0 Å². The molecule has 6 heteroatoms. The second-order valence-corrected chi connectivity index (χ2v) is 5.61. The summed E-state index contributed by atoms with van der Waals surface area (Å²) >= 11 is 3.22. The number of hydrogen-bond donors (Lipinski definition) is 1. The third-order valence-corrected chi connectivity index (χ3v) is 2.76. The maximum Gasteiger partial charge on any atom is 0.435 e. The van der Waals surface area contributed by atoms with Crippen LogP contribution in [0.2, 0.25) is 0 Å². The number of phenolic OH excluding ortho intramolecular Hbond substituents is 1. The number of phenols is 1. The Morgan fingerprint density at radius 2 is 2.11 bits per heavy atom. The number of carbonyl (C=O) groups excluding carboxylic acids is 1. The molecule has 5 nitrogen and oxygen atoms in total. The lowest BCUT2D eigenvalue weighted by atomic mass is 10.2. The highest BCUT2D eigenvalue weighted by atomic mass is 79.9. The molecule has 1 N–H and O–H groups in total. The number of ether oxygens (including phenoxy) is 1. The Balaban J connectivity index is 2.53. The molecular weight excluding hydrogens is 300 g/mol. The number of rotatable bonds is 0. The molecule has 0 saturated heterocycles. The van der Waals surface area contributed by atoms with Gasteiger partial charge in [0.2, 0.25) is 0 Å². The number of aromatic hydroxyl groups is 1. The van der Waals surface area contributed by atoms with Crippen molar-refractivity contribution in [1.29, 1.82) is 0 Å². The van der Waals surface area contributed by atoms with Gasteiger partial charge in [0.15, 0.2) is 0 Å². The minimum Gasteiger partial charge on any atom is -0.507 e. The molecule has 18 heavy (non-hydrogen) atoms. The van der Waals surface area contributed by atoms with Gasteiger partial charge in [0.25, 0.3) is 0 Å². The zero-order valence-corrected chi connectivity index (χ0v) is 11.9. The van der Waals surface area contributed by atoms with Crippen molar-refractivity contribution < 1.29 is 14.6 Å². The lowest BCUT2D eigenvalue weighted by Gasteiger charge is -2.19. The van der Waals surface area contributed by atoms with E-state index in [1.54, 1.807) is 32.9 Å². The number of carbonyl (C=O) groups is 1. The Morgan fingerprint density at radius 3 is 2.72 bits per heavy atom. The Kier molecular flexibility index (Phi) is 3.06. The third-order valence-electron chi connectivity index (χ3n) is 2.21. The summed E-state index contributed by atoms with van der Waals surface area (Å²) in [4.78, 5) is 12.0. The van der Waals surface area contributed by atoms with Crippen LogP contribution in [-0.4, -0.2) is 26.6 Å². The van der Waals surface area contributed by atoms with Crippen LogP contribution in [0.15, 0.2) is 22.8 Å². The molecule has 0 amide bonds. The Bertz CT molecular complexity index is 614. The molecule has 0 saturated carbocycles. The average molecular weight is 313 g/mol. The third kappa shape index (κ3) is 2.33. The van der Waals surface area contributed by atoms with E-state index in [1.165, 1.54) is 6.07 Å². The molecule has 0 aliphatic rings. The van der Waals surface area contributed by atoms with E-state index in [4.69, 9.17) is 4.74 Å². The van der Waals surface area contributed by atoms with E-state index in [2.05, 4.69) is 21.0 Å². The van der Waals surface area contributed by atoms with E-state index in [0.29, 0.717) is 15.5 Å². The highest BCUT2D eigenvalue weighted by molar-refractivity contribution is 9.10. The van der Waals surface area contributed by atoms with Crippen LogP contribution in [0.1, 0.15) is 20.8 Å². The maximum absolute atomic E-state index is 12.0. The Labute approximate surface area is 112 Å². The smallest absolute Gasteiger partial charge is 0.435 e. The van der Waals surface area contributed by atoms with Crippen LogP contribution >= 0.6 is 15.9 Å². The van der Waals surface area contributed by atoms with Gasteiger partial charge in [0, 0.05) is 0 Å². The van der Waals surface area contributed by atoms with Crippen LogP contribution in [-0.2, 0) is 4.74 Å². The normalized spacial score (nSPS) is 11.8. The fraction of sp³-hybridized carbons (Fsp3) is 0.333. The lowest BCUT2D eigenvalue weighted by Crippen LogP contribution is -2.27. The van der Waals surface area contributed by atoms with Crippen molar-refractivity contribution in [3.63, 3.8) is 0 Å². The number of fused-ring (bicyclic) bond motifs is 1. The summed E-state index contributed by atoms with van der Waals surface area (Å²) in [6, 6.07) is 4.87. The van der Waals surface area contributed by atoms with Crippen molar-refractivity contribution in [3.8, 4) is 5.75 Å². The largest absolute Gasteiger partial charge is 0.507 e. The second-order valence-electron chi connectivity index (χ2n) is 4.85. The van der Waals surface area contributed by atoms with Crippen LogP contribution in [0.25, 0.3) is 10.9 Å². The molecule has 0 spiro atoms. The van der Waals surface area contributed by atoms with Crippen LogP contribution in [0, 0.1) is 0 Å². The standard InChI is InChI=1S/C12H13BrN2O3/c1-12(2,3)18-11(17)15-7-5-4-6-8(16)9(7)10(13)14-15/h4-6,16H,1-3H3. The summed E-state index contributed by atoms with van der Waals surface area (Å²) in [5.74, 6) is 0.0641. The molecule has 1 aromatic carbocycles. The second kappa shape index (κ2) is 4.28. The topological polar surface area (TPSA) is 64.4 Å². The fourth-order valence-corrected chi connectivity index (χ4v) is 2.12. The fourth-order valence-electron chi connectivity index (χ4n) is 1.55. The molecule has 0 fully saturated rings. The first-order chi connectivity index (χ1) is 8.29. The molecule has 0 bridgehead atoms. The van der Waals surface area contributed by atoms with Crippen molar-refractivity contribution >= 4 is 32.9 Å². The summed E-state index contributed by atoms with van der Waals surface area (Å²) in [5.41, 5.74) is -0.102. The average Bonchev–Trinajstić information content (AvgIpc) is 2.55. The van der Waals surface area contributed by atoms with E-state index in [0.717, 1.165) is 4.68 Å². The maximum atomic E-state index is 12.0. The number of benzene rings is 1. The highest BCUT2D eigenvalue weighted by Crippen LogP contribution is 2.31. The van der Waals surface area contributed by atoms with Gasteiger partial charge in [-0.2, -0.15) is 9.78 Å². The first-order valence-electron chi connectivity index (χ1n) is 5.39. The van der Waals surface area contributed by atoms with E-state index in [9.17, 15) is 9.90 Å². The Hall–Kier alpha value is -1.56. The van der Waals surface area contributed by atoms with Crippen molar-refractivity contribution in [2.24, 2.45) is 0 Å². The van der Waals surface area contributed by atoms with Gasteiger partial charge in [-0.25, -0.2) is 4.79 Å². The quantitative estimate of drug-likeness (QED) is 0.810. The van der Waals surface area contributed by atoms with Gasteiger partial charge in [0.1, 0.15) is 16.0 Å². The van der Waals surface area contributed by atoms with Gasteiger partial charge >= 0.3 is 6.09 Å². The highest BCUT2D eigenvalue weighted by Gasteiger charge is 2.22. The first-order valence-corrected chi connectivity index (χ1v) is 6.18. The predicted molar refractivity (Wildman–Crippen MR) is 70.7 cm³/mol. The summed E-state index contributed by atoms with van der Waals surface area (Å²) in [7, 11) is 0. The van der Waals surface area contributed by atoms with E-state index >= 15 is 0 Å². The molecule has 2 aromatic rings. The molecule has 2 rings (SSSR count). The number of nitrogens with zero attached hydrogens (tertiary/aromatic N) is 2. The molecule has 96 valence electrons. The van der Waals surface area contributed by atoms with Gasteiger partial charge < -0.3 is 9.84 Å². The summed E-state index contributed by atoms with van der Waals surface area (Å²) in [5, 5.41) is 14.3. The van der Waals surface area contributed by atoms with Crippen LogP contribution < -0.4 is 0 Å². The van der Waals surface area contributed by atoms with Gasteiger partial charge in [-0.05, 0) is 48.8 Å². The minimum absolute atomic E-state index is 0.0641. The molecule has 0 radical (unpaired) electrons. The molecule has 0 atom stereocenters. The van der Waals surface area contributed by atoms with E-state index < -0.39 is 11.7 Å². The SMILES string of the molecule is CC(C)(C)OC(=O)n1nc(Br)c2c(O)cccc21. The monoisotopic (exact) mass is 312 g/mol. The van der Waals surface area contributed by atoms with Crippen molar-refractivity contribution in [2.45, 2.75) is 26.4 Å². The minimum atomic E-state index is -0.599. The molecular formula is C12H13BrN2O3. The van der Waals surface area contributed by atoms with E-state index in [-0.39, 0.29) is 5.75 Å². The summed E-state index contributed by atoms with van der Waals surface area (Å²) in [6.07, 6.45) is -0.580. The van der Waals surface area contributed by atoms with Crippen molar-refractivity contribution in [3.05, 3.63) is 22.8 Å². The van der Waals surface area contributed by atoms with E-state index in [1.807, 2.05) is 0 Å². The lowest BCUT2D eigenvalue weighted by molar-refractivity contribution is 0.0522. The molecule has 0 aliphatic carbocycles. The zero-order valence-electron chi connectivity index (χ0n) is 10.3. The van der Waals surface area contributed by atoms with Crippen LogP contribution in [0.5, 0.6) is 5.75 Å². The number of aromatic nitrogens is 2. The van der Waals surface area contributed by atoms with Crippen LogP contribution in [0.4, 0.5) is 4.79 Å². The van der Waals surface area contributed by atoms with Crippen molar-refractivity contribution in [2.75, 3.05) is 0 Å². The molecule has 1 aromatic heterocycles. The number of hydrogen-bond acceptors (Lipinski definition) is 4. The molecule has 0 unspecified atom stereocenters. The van der Waals surface area contributed by atoms with Gasteiger partial charge in [-0.1, -0.05) is 6.07 Å². The first kappa shape index (κ1) is 12.9. The van der Waals surface area contributed by atoms with Gasteiger partial charge in [0.05, 0.1) is 10.9 Å². The van der Waals surface area contributed by atoms with Crippen molar-refractivity contribution in [1.82, 2.24) is 9.78 Å². The molecule has 0 aliphatic heterocycles.